The van der Waals surface area contributed by atoms with E-state index in [0.29, 0.717) is 5.84 Å². The van der Waals surface area contributed by atoms with Crippen LogP contribution in [0.15, 0.2) is 200 Å². The number of benzene rings is 7. The van der Waals surface area contributed by atoms with Crippen LogP contribution < -0.4 is 0 Å². The minimum absolute atomic E-state index is 0.185. The molecule has 0 bridgehead atoms. The van der Waals surface area contributed by atoms with Gasteiger partial charge in [0.15, 0.2) is 11.7 Å². The molecule has 7 aromatic carbocycles. The maximum absolute atomic E-state index is 8.90. The van der Waals surface area contributed by atoms with Crippen LogP contribution in [0.3, 0.4) is 0 Å². The van der Waals surface area contributed by atoms with Crippen LogP contribution in [0.25, 0.3) is 77.3 Å². The summed E-state index contributed by atoms with van der Waals surface area (Å²) in [7, 11) is 0. The summed E-state index contributed by atoms with van der Waals surface area (Å²) in [5.41, 5.74) is 11.8. The number of nitrogens with one attached hydrogen (secondary N) is 1. The fourth-order valence-corrected chi connectivity index (χ4v) is 7.76. The molecule has 2 heterocycles. The normalized spacial score (nSPS) is 13.0. The lowest BCUT2D eigenvalue weighted by Gasteiger charge is -2.09. The zero-order valence-corrected chi connectivity index (χ0v) is 32.4. The van der Waals surface area contributed by atoms with Gasteiger partial charge in [-0.2, -0.15) is 0 Å². The molecule has 0 amide bonds. The molecule has 0 saturated heterocycles. The van der Waals surface area contributed by atoms with Gasteiger partial charge in [0.05, 0.1) is 0 Å². The summed E-state index contributed by atoms with van der Waals surface area (Å²) in [6.07, 6.45) is 9.85. The molecular weight excluding hydrogens is 711 g/mol. The third-order valence-electron chi connectivity index (χ3n) is 10.5. The quantitative estimate of drug-likeness (QED) is 0.136. The Morgan fingerprint density at radius 1 is 0.569 bits per heavy atom. The molecule has 5 heteroatoms. The van der Waals surface area contributed by atoms with Gasteiger partial charge in [-0.25, -0.2) is 9.98 Å². The zero-order chi connectivity index (χ0) is 39.4. The van der Waals surface area contributed by atoms with E-state index in [1.54, 1.807) is 0 Å². The number of furan rings is 2. The maximum Gasteiger partial charge on any atom is 0.161 e. The Morgan fingerprint density at radius 2 is 1.24 bits per heavy atom. The summed E-state index contributed by atoms with van der Waals surface area (Å²) < 4.78 is 13.7. The fraction of sp³-hybridized carbons (Fsp3) is 0.0755. The van der Waals surface area contributed by atoms with Crippen LogP contribution >= 0.6 is 0 Å². The van der Waals surface area contributed by atoms with Gasteiger partial charge in [-0.15, -0.1) is 0 Å². The standard InChI is InChI=1S/C51H35N3O2.C2H6/c52-50(35-20-9-3-10-21-35)54-51(36-22-11-4-12-23-36)53-32-37-28-29-42(41-26-15-25-40-39-24-13-14-27-45(39)55-47(40)41)49-46(37)44-31-38(33-16-5-1-6-17-33)30-43(48(44)56-49)34-18-7-2-8-19-34;1-2/h1-2,4-9,11-32,52H,3,10H2;1-2H3. The smallest absolute Gasteiger partial charge is 0.161 e. The van der Waals surface area contributed by atoms with E-state index in [1.807, 2.05) is 86.8 Å². The molecule has 1 aliphatic rings. The third-order valence-corrected chi connectivity index (χ3v) is 10.5. The van der Waals surface area contributed by atoms with E-state index in [0.717, 1.165) is 107 Å². The predicted molar refractivity (Wildman–Crippen MR) is 243 cm³/mol. The Hall–Kier alpha value is -7.37. The van der Waals surface area contributed by atoms with Gasteiger partial charge in [-0.05, 0) is 53.8 Å². The van der Waals surface area contributed by atoms with Crippen LogP contribution in [-0.4, -0.2) is 17.9 Å². The SMILES string of the molecule is CC.N=C(N=C(N=Cc1ccc(-c2cccc3c2oc2ccccc23)c2oc3c(-c4ccccc4)cc(-c4ccccc4)cc3c12)c1ccccc1)C1=CCCC=C1. The predicted octanol–water partition coefficient (Wildman–Crippen LogP) is 14.6. The summed E-state index contributed by atoms with van der Waals surface area (Å²) in [6, 6.07) is 53.9. The highest BCUT2D eigenvalue weighted by atomic mass is 16.3. The Morgan fingerprint density at radius 3 is 2.00 bits per heavy atom. The van der Waals surface area contributed by atoms with Crippen molar-refractivity contribution in [3.05, 3.63) is 193 Å². The highest BCUT2D eigenvalue weighted by Crippen LogP contribution is 2.45. The minimum atomic E-state index is 0.185. The minimum Gasteiger partial charge on any atom is -0.455 e. The second-order valence-corrected chi connectivity index (χ2v) is 14.0. The summed E-state index contributed by atoms with van der Waals surface area (Å²) in [5.74, 6) is 0.646. The van der Waals surface area contributed by atoms with Gasteiger partial charge in [-0.1, -0.05) is 166 Å². The molecule has 0 fully saturated rings. The molecule has 9 aromatic rings. The third kappa shape index (κ3) is 6.77. The number of nitrogens with zero attached hydrogens (tertiary/aromatic N) is 2. The van der Waals surface area contributed by atoms with Crippen molar-refractivity contribution >= 4 is 61.8 Å². The number of rotatable bonds is 6. The largest absolute Gasteiger partial charge is 0.455 e. The molecule has 0 radical (unpaired) electrons. The molecular formula is C53H41N3O2. The van der Waals surface area contributed by atoms with Gasteiger partial charge in [0.1, 0.15) is 22.3 Å². The lowest BCUT2D eigenvalue weighted by Crippen LogP contribution is -2.05. The van der Waals surface area contributed by atoms with E-state index in [2.05, 4.69) is 109 Å². The highest BCUT2D eigenvalue weighted by Gasteiger charge is 2.22. The molecule has 0 saturated carbocycles. The highest BCUT2D eigenvalue weighted by molar-refractivity contribution is 6.22. The topological polar surface area (TPSA) is 74.8 Å². The van der Waals surface area contributed by atoms with Gasteiger partial charge >= 0.3 is 0 Å². The van der Waals surface area contributed by atoms with Gasteiger partial charge in [0.2, 0.25) is 0 Å². The van der Waals surface area contributed by atoms with Gasteiger partial charge in [0, 0.05) is 61.1 Å². The van der Waals surface area contributed by atoms with E-state index in [-0.39, 0.29) is 5.84 Å². The van der Waals surface area contributed by atoms with E-state index in [9.17, 15) is 0 Å². The monoisotopic (exact) mass is 751 g/mol. The van der Waals surface area contributed by atoms with Crippen LogP contribution in [0, 0.1) is 5.41 Å². The van der Waals surface area contributed by atoms with Crippen molar-refractivity contribution in [3.63, 3.8) is 0 Å². The Labute approximate surface area is 337 Å². The Bertz CT molecular complexity index is 3070. The zero-order valence-electron chi connectivity index (χ0n) is 32.4. The number of para-hydroxylation sites is 2. The van der Waals surface area contributed by atoms with E-state index in [1.165, 1.54) is 0 Å². The summed E-state index contributed by atoms with van der Waals surface area (Å²) in [6.45, 7) is 4.00. The first-order valence-corrected chi connectivity index (χ1v) is 19.9. The number of aliphatic imine (C=N–C) groups is 2. The van der Waals surface area contributed by atoms with Crippen molar-refractivity contribution in [1.29, 1.82) is 5.41 Å². The van der Waals surface area contributed by atoms with Gasteiger partial charge in [-0.3, -0.25) is 5.41 Å². The van der Waals surface area contributed by atoms with E-state index in [4.69, 9.17) is 24.2 Å². The average molecular weight is 752 g/mol. The molecule has 0 unspecified atom stereocenters. The number of hydrogen-bond donors (Lipinski definition) is 1. The van der Waals surface area contributed by atoms with Crippen molar-refractivity contribution in [2.24, 2.45) is 9.98 Å². The second-order valence-electron chi connectivity index (χ2n) is 14.0. The number of amidine groups is 2. The molecule has 5 nitrogen and oxygen atoms in total. The second kappa shape index (κ2) is 16.0. The molecule has 1 N–H and O–H groups in total. The van der Waals surface area contributed by atoms with Crippen molar-refractivity contribution < 1.29 is 8.83 Å². The van der Waals surface area contributed by atoms with Crippen molar-refractivity contribution in [3.8, 4) is 33.4 Å². The Kier molecular flexibility index (Phi) is 10.0. The first-order valence-electron chi connectivity index (χ1n) is 19.9. The molecule has 280 valence electrons. The lowest BCUT2D eigenvalue weighted by atomic mass is 9.93. The molecule has 58 heavy (non-hydrogen) atoms. The number of allylic oxidation sites excluding steroid dienone is 2. The summed E-state index contributed by atoms with van der Waals surface area (Å²) >= 11 is 0. The van der Waals surface area contributed by atoms with Crippen LogP contribution in [0.2, 0.25) is 0 Å². The molecule has 0 spiro atoms. The Balaban J connectivity index is 0.00000215. The summed E-state index contributed by atoms with van der Waals surface area (Å²) in [4.78, 5) is 9.84. The lowest BCUT2D eigenvalue weighted by molar-refractivity contribution is 0.665. The van der Waals surface area contributed by atoms with Crippen molar-refractivity contribution in [2.75, 3.05) is 0 Å². The molecule has 1 aliphatic carbocycles. The van der Waals surface area contributed by atoms with Crippen molar-refractivity contribution in [2.45, 2.75) is 26.7 Å². The molecule has 0 atom stereocenters. The summed E-state index contributed by atoms with van der Waals surface area (Å²) in [5, 5.41) is 12.9. The maximum atomic E-state index is 8.90. The van der Waals surface area contributed by atoms with Gasteiger partial charge in [0.25, 0.3) is 0 Å². The number of fused-ring (bicyclic) bond motifs is 6. The van der Waals surface area contributed by atoms with E-state index >= 15 is 0 Å². The molecule has 0 aliphatic heterocycles. The molecule has 2 aromatic heterocycles. The first-order chi connectivity index (χ1) is 28.7. The van der Waals surface area contributed by atoms with Crippen LogP contribution in [0.4, 0.5) is 0 Å². The van der Waals surface area contributed by atoms with Crippen LogP contribution in [0.5, 0.6) is 0 Å². The average Bonchev–Trinajstić information content (AvgIpc) is 3.89. The van der Waals surface area contributed by atoms with Gasteiger partial charge < -0.3 is 8.83 Å². The molecule has 10 rings (SSSR count). The fourth-order valence-electron chi connectivity index (χ4n) is 7.76. The first kappa shape index (κ1) is 36.3. The van der Waals surface area contributed by atoms with Crippen LogP contribution in [0.1, 0.15) is 37.8 Å². The number of hydrogen-bond acceptors (Lipinski definition) is 3. The van der Waals surface area contributed by atoms with Crippen LogP contribution in [-0.2, 0) is 0 Å². The van der Waals surface area contributed by atoms with E-state index < -0.39 is 0 Å². The van der Waals surface area contributed by atoms with Crippen molar-refractivity contribution in [1.82, 2.24) is 0 Å².